The molecule has 0 saturated carbocycles. The number of anilines is 1. The van der Waals surface area contributed by atoms with Crippen LogP contribution in [-0.2, 0) is 6.61 Å². The van der Waals surface area contributed by atoms with E-state index in [-0.39, 0.29) is 0 Å². The first-order valence-corrected chi connectivity index (χ1v) is 10.2. The zero-order valence-electron chi connectivity index (χ0n) is 16.2. The summed E-state index contributed by atoms with van der Waals surface area (Å²) in [6.07, 6.45) is 4.11. The molecule has 0 amide bonds. The number of hydrogen-bond acceptors (Lipinski definition) is 4. The van der Waals surface area contributed by atoms with Crippen LogP contribution in [0.1, 0.15) is 18.4 Å². The van der Waals surface area contributed by atoms with Crippen molar-refractivity contribution in [2.75, 3.05) is 25.1 Å². The van der Waals surface area contributed by atoms with Crippen LogP contribution in [0.4, 0.5) is 5.82 Å². The predicted molar refractivity (Wildman–Crippen MR) is 117 cm³/mol. The second-order valence-corrected chi connectivity index (χ2v) is 7.73. The number of hydrogen-bond donors (Lipinski definition) is 1. The van der Waals surface area contributed by atoms with Gasteiger partial charge in [0.2, 0.25) is 0 Å². The smallest absolute Gasteiger partial charge is 0.163 e. The molecule has 0 spiro atoms. The summed E-state index contributed by atoms with van der Waals surface area (Å²) in [7, 11) is 1.66. The first-order chi connectivity index (χ1) is 14.2. The summed E-state index contributed by atoms with van der Waals surface area (Å²) in [6, 6.07) is 14.1. The molecule has 1 saturated heterocycles. The van der Waals surface area contributed by atoms with E-state index in [4.69, 9.17) is 21.1 Å². The van der Waals surface area contributed by atoms with Crippen molar-refractivity contribution < 1.29 is 9.47 Å². The Balaban J connectivity index is 1.62. The van der Waals surface area contributed by atoms with Crippen LogP contribution in [0.2, 0.25) is 5.02 Å². The number of aromatic amines is 1. The van der Waals surface area contributed by atoms with E-state index in [2.05, 4.69) is 14.9 Å². The minimum Gasteiger partial charge on any atom is -0.493 e. The number of ether oxygens (including phenoxy) is 2. The third kappa shape index (κ3) is 3.25. The molecule has 6 heteroatoms. The van der Waals surface area contributed by atoms with Crippen LogP contribution in [0.5, 0.6) is 11.5 Å². The minimum absolute atomic E-state index is 0.476. The van der Waals surface area contributed by atoms with Gasteiger partial charge in [0.25, 0.3) is 0 Å². The van der Waals surface area contributed by atoms with Gasteiger partial charge in [-0.1, -0.05) is 41.9 Å². The van der Waals surface area contributed by atoms with Crippen LogP contribution in [0.15, 0.2) is 48.7 Å². The molecule has 0 atom stereocenters. The summed E-state index contributed by atoms with van der Waals surface area (Å²) < 4.78 is 11.7. The number of nitrogens with zero attached hydrogens (tertiary/aromatic N) is 2. The van der Waals surface area contributed by atoms with Gasteiger partial charge in [0.1, 0.15) is 12.4 Å². The first kappa shape index (κ1) is 18.1. The number of benzene rings is 2. The quantitative estimate of drug-likeness (QED) is 0.470. The molecule has 29 heavy (non-hydrogen) atoms. The maximum atomic E-state index is 6.49. The van der Waals surface area contributed by atoms with Crippen LogP contribution >= 0.6 is 11.6 Å². The number of pyridine rings is 1. The highest BCUT2D eigenvalue weighted by Gasteiger charge is 2.22. The average molecular weight is 408 g/mol. The Morgan fingerprint density at radius 1 is 1.10 bits per heavy atom. The second-order valence-electron chi connectivity index (χ2n) is 7.32. The first-order valence-electron chi connectivity index (χ1n) is 9.84. The van der Waals surface area contributed by atoms with Gasteiger partial charge >= 0.3 is 0 Å². The van der Waals surface area contributed by atoms with Crippen LogP contribution in [0.3, 0.4) is 0 Å². The topological polar surface area (TPSA) is 50.4 Å². The van der Waals surface area contributed by atoms with Crippen molar-refractivity contribution in [3.63, 3.8) is 0 Å². The van der Waals surface area contributed by atoms with Gasteiger partial charge in [-0.25, -0.2) is 4.98 Å². The molecular formula is C23H22ClN3O2. The summed E-state index contributed by atoms with van der Waals surface area (Å²) in [4.78, 5) is 10.5. The monoisotopic (exact) mass is 407 g/mol. The number of halogens is 1. The van der Waals surface area contributed by atoms with Gasteiger partial charge in [0.15, 0.2) is 11.5 Å². The van der Waals surface area contributed by atoms with E-state index in [1.54, 1.807) is 13.3 Å². The van der Waals surface area contributed by atoms with E-state index in [1.807, 2.05) is 42.5 Å². The molecule has 1 fully saturated rings. The summed E-state index contributed by atoms with van der Waals surface area (Å²) in [6.45, 7) is 2.52. The minimum atomic E-state index is 0.476. The maximum absolute atomic E-state index is 6.49. The normalized spacial score (nSPS) is 14.1. The Kier molecular flexibility index (Phi) is 4.68. The van der Waals surface area contributed by atoms with Gasteiger partial charge in [-0.3, -0.25) is 0 Å². The number of rotatable bonds is 5. The van der Waals surface area contributed by atoms with Crippen molar-refractivity contribution in [3.05, 3.63) is 59.2 Å². The summed E-state index contributed by atoms with van der Waals surface area (Å²) >= 11 is 6.49. The van der Waals surface area contributed by atoms with E-state index in [9.17, 15) is 0 Å². The van der Waals surface area contributed by atoms with Crippen LogP contribution in [0, 0.1) is 0 Å². The Morgan fingerprint density at radius 2 is 1.90 bits per heavy atom. The summed E-state index contributed by atoms with van der Waals surface area (Å²) in [5.74, 6) is 2.37. The van der Waals surface area contributed by atoms with E-state index in [0.29, 0.717) is 23.1 Å². The van der Waals surface area contributed by atoms with Gasteiger partial charge < -0.3 is 19.4 Å². The fourth-order valence-corrected chi connectivity index (χ4v) is 4.23. The largest absolute Gasteiger partial charge is 0.493 e. The Bertz CT molecular complexity index is 1170. The number of aromatic nitrogens is 2. The van der Waals surface area contributed by atoms with Crippen molar-refractivity contribution in [1.82, 2.24) is 9.97 Å². The van der Waals surface area contributed by atoms with Gasteiger partial charge in [-0.2, -0.15) is 0 Å². The molecule has 1 aliphatic heterocycles. The van der Waals surface area contributed by atoms with E-state index in [0.717, 1.165) is 46.3 Å². The molecule has 1 N–H and O–H groups in total. The molecule has 148 valence electrons. The van der Waals surface area contributed by atoms with Gasteiger partial charge in [0, 0.05) is 24.5 Å². The zero-order chi connectivity index (χ0) is 19.8. The van der Waals surface area contributed by atoms with Crippen molar-refractivity contribution >= 4 is 39.2 Å². The molecule has 5 rings (SSSR count). The van der Waals surface area contributed by atoms with E-state index >= 15 is 0 Å². The summed E-state index contributed by atoms with van der Waals surface area (Å²) in [5, 5.41) is 2.70. The molecule has 0 aliphatic carbocycles. The molecule has 4 aromatic rings. The second kappa shape index (κ2) is 7.48. The number of fused-ring (bicyclic) bond motifs is 3. The lowest BCUT2D eigenvalue weighted by atomic mass is 10.1. The van der Waals surface area contributed by atoms with E-state index < -0.39 is 0 Å². The van der Waals surface area contributed by atoms with Gasteiger partial charge in [-0.15, -0.1) is 0 Å². The average Bonchev–Trinajstić information content (AvgIpc) is 3.41. The molecule has 0 bridgehead atoms. The molecule has 2 aromatic carbocycles. The predicted octanol–water partition coefficient (Wildman–Crippen LogP) is 5.56. The van der Waals surface area contributed by atoms with Crippen LogP contribution in [0.25, 0.3) is 21.8 Å². The van der Waals surface area contributed by atoms with Gasteiger partial charge in [-0.05, 0) is 24.5 Å². The van der Waals surface area contributed by atoms with Crippen LogP contribution in [-0.4, -0.2) is 30.2 Å². The Labute approximate surface area is 174 Å². The number of nitrogens with one attached hydrogen (secondary N) is 1. The van der Waals surface area contributed by atoms with Crippen molar-refractivity contribution in [1.29, 1.82) is 0 Å². The number of H-pyrrole nitrogens is 1. The SMILES string of the molecule is COc1cc2c(cc1OCc1ccccc1)[nH]c1c(Cl)cnc(N3CCCC3)c12. The lowest BCUT2D eigenvalue weighted by Gasteiger charge is -2.18. The van der Waals surface area contributed by atoms with E-state index in [1.165, 1.54) is 12.8 Å². The van der Waals surface area contributed by atoms with Gasteiger partial charge in [0.05, 0.1) is 34.7 Å². The molecule has 3 heterocycles. The third-order valence-electron chi connectivity index (χ3n) is 5.49. The summed E-state index contributed by atoms with van der Waals surface area (Å²) in [5.41, 5.74) is 2.97. The molecule has 2 aromatic heterocycles. The van der Waals surface area contributed by atoms with Crippen molar-refractivity contribution in [2.45, 2.75) is 19.4 Å². The lowest BCUT2D eigenvalue weighted by Crippen LogP contribution is -2.19. The third-order valence-corrected chi connectivity index (χ3v) is 5.77. The van der Waals surface area contributed by atoms with Crippen molar-refractivity contribution in [2.24, 2.45) is 0 Å². The maximum Gasteiger partial charge on any atom is 0.163 e. The molecule has 1 aliphatic rings. The lowest BCUT2D eigenvalue weighted by molar-refractivity contribution is 0.285. The van der Waals surface area contributed by atoms with Crippen molar-refractivity contribution in [3.8, 4) is 11.5 Å². The zero-order valence-corrected chi connectivity index (χ0v) is 17.0. The standard InChI is InChI=1S/C23H22ClN3O2/c1-28-19-11-16-18(12-20(19)29-14-15-7-3-2-4-8-15)26-22-17(24)13-25-23(21(16)22)27-9-5-6-10-27/h2-4,7-8,11-13,26H,5-6,9-10,14H2,1H3. The highest BCUT2D eigenvalue weighted by atomic mass is 35.5. The number of methoxy groups -OCH3 is 1. The molecular weight excluding hydrogens is 386 g/mol. The fourth-order valence-electron chi connectivity index (χ4n) is 4.04. The Hall–Kier alpha value is -2.92. The van der Waals surface area contributed by atoms with Crippen LogP contribution < -0.4 is 14.4 Å². The molecule has 0 unspecified atom stereocenters. The molecule has 0 radical (unpaired) electrons. The molecule has 5 nitrogen and oxygen atoms in total. The fraction of sp³-hybridized carbons (Fsp3) is 0.261. The highest BCUT2D eigenvalue weighted by molar-refractivity contribution is 6.36. The Morgan fingerprint density at radius 3 is 2.66 bits per heavy atom. The highest BCUT2D eigenvalue weighted by Crippen LogP contribution is 2.41.